The summed E-state index contributed by atoms with van der Waals surface area (Å²) in [5, 5.41) is 62.1. The molecule has 2 rings (SSSR count). The van der Waals surface area contributed by atoms with Crippen molar-refractivity contribution in [2.45, 2.75) is 210 Å². The van der Waals surface area contributed by atoms with Gasteiger partial charge in [-0.05, 0) is 64.2 Å². The molecule has 9 nitrogen and oxygen atoms in total. The van der Waals surface area contributed by atoms with Gasteiger partial charge in [0.25, 0.3) is 0 Å². The molecule has 2 aliphatic heterocycles. The van der Waals surface area contributed by atoms with Gasteiger partial charge < -0.3 is 45.0 Å². The lowest BCUT2D eigenvalue weighted by Gasteiger charge is -2.40. The van der Waals surface area contributed by atoms with Crippen LogP contribution in [0.1, 0.15) is 167 Å². The standard InChI is InChI=1S/C41H78FNO8/c1-2-3-4-5-6-7-8-9-10-14-17-21-26-35(45)37(46)33(32-50-41-40(49)39(48)38(47)36(31-44)51-41)30-34(42)25-20-16-13-11-12-15-18-22-27-43-28-23-19-24-29-43/h30,33,35-41,44-49H,2-29,31-32H2,1H3/b34-30+/t33-,35+,36?,37-,38?,39?,40?,41?/m0/s1. The van der Waals surface area contributed by atoms with Crippen LogP contribution < -0.4 is 0 Å². The van der Waals surface area contributed by atoms with Crippen molar-refractivity contribution in [1.82, 2.24) is 4.90 Å². The maximum absolute atomic E-state index is 15.2. The van der Waals surface area contributed by atoms with Crippen LogP contribution in [0.25, 0.3) is 0 Å². The fourth-order valence-corrected chi connectivity index (χ4v) is 7.50. The van der Waals surface area contributed by atoms with Crippen LogP contribution in [0.3, 0.4) is 0 Å². The molecule has 6 N–H and O–H groups in total. The number of aliphatic hydroxyl groups excluding tert-OH is 6. The van der Waals surface area contributed by atoms with E-state index in [1.807, 2.05) is 0 Å². The normalized spacial score (nSPS) is 25.3. The van der Waals surface area contributed by atoms with Crippen LogP contribution in [0.4, 0.5) is 4.39 Å². The van der Waals surface area contributed by atoms with Gasteiger partial charge in [0, 0.05) is 5.92 Å². The molecule has 0 aromatic heterocycles. The van der Waals surface area contributed by atoms with Crippen LogP contribution in [0.15, 0.2) is 11.9 Å². The second kappa shape index (κ2) is 29.6. The van der Waals surface area contributed by atoms with E-state index in [4.69, 9.17) is 9.47 Å². The van der Waals surface area contributed by atoms with Crippen LogP contribution in [-0.4, -0.2) is 111 Å². The molecule has 2 saturated heterocycles. The first-order valence-electron chi connectivity index (χ1n) is 21.1. The number of allylic oxidation sites excluding steroid dienone is 1. The van der Waals surface area contributed by atoms with Crippen molar-refractivity contribution in [2.75, 3.05) is 32.8 Å². The first kappa shape index (κ1) is 46.5. The minimum absolute atomic E-state index is 0.230. The van der Waals surface area contributed by atoms with Gasteiger partial charge in [0.1, 0.15) is 24.4 Å². The van der Waals surface area contributed by atoms with E-state index >= 15 is 4.39 Å². The maximum Gasteiger partial charge on any atom is 0.186 e. The van der Waals surface area contributed by atoms with E-state index in [0.29, 0.717) is 12.8 Å². The van der Waals surface area contributed by atoms with Gasteiger partial charge in [-0.2, -0.15) is 0 Å². The topological polar surface area (TPSA) is 143 Å². The van der Waals surface area contributed by atoms with E-state index in [2.05, 4.69) is 11.8 Å². The van der Waals surface area contributed by atoms with Crippen LogP contribution >= 0.6 is 0 Å². The van der Waals surface area contributed by atoms with E-state index < -0.39 is 55.4 Å². The third kappa shape index (κ3) is 20.5. The van der Waals surface area contributed by atoms with E-state index in [9.17, 15) is 30.6 Å². The summed E-state index contributed by atoms with van der Waals surface area (Å²) >= 11 is 0. The summed E-state index contributed by atoms with van der Waals surface area (Å²) in [5.74, 6) is -1.30. The SMILES string of the molecule is CCCCCCCCCCCCCC[C@@H](O)[C@@H](O)[C@@H](/C=C(/F)CCCCCCCCCCN1CCCCC1)COC1OC(CO)C(O)C(O)C1O. The summed E-state index contributed by atoms with van der Waals surface area (Å²) in [4.78, 5) is 2.59. The van der Waals surface area contributed by atoms with Crippen LogP contribution in [0, 0.1) is 5.92 Å². The highest BCUT2D eigenvalue weighted by molar-refractivity contribution is 5.00. The molecule has 0 aromatic rings. The Hall–Kier alpha value is -0.690. The zero-order chi connectivity index (χ0) is 37.1. The number of halogens is 1. The fraction of sp³-hybridized carbons (Fsp3) is 0.951. The Morgan fingerprint density at radius 1 is 0.725 bits per heavy atom. The van der Waals surface area contributed by atoms with E-state index in [-0.39, 0.29) is 18.9 Å². The maximum atomic E-state index is 15.2. The predicted octanol–water partition coefficient (Wildman–Crippen LogP) is 7.08. The van der Waals surface area contributed by atoms with Gasteiger partial charge in [-0.15, -0.1) is 0 Å². The van der Waals surface area contributed by atoms with Crippen molar-refractivity contribution in [3.05, 3.63) is 11.9 Å². The van der Waals surface area contributed by atoms with Crippen LogP contribution in [-0.2, 0) is 9.47 Å². The highest BCUT2D eigenvalue weighted by Crippen LogP contribution is 2.26. The molecule has 0 spiro atoms. The van der Waals surface area contributed by atoms with Crippen molar-refractivity contribution in [1.29, 1.82) is 0 Å². The van der Waals surface area contributed by atoms with Crippen molar-refractivity contribution in [3.8, 4) is 0 Å². The van der Waals surface area contributed by atoms with Gasteiger partial charge in [0.2, 0.25) is 0 Å². The van der Waals surface area contributed by atoms with Crippen molar-refractivity contribution in [3.63, 3.8) is 0 Å². The van der Waals surface area contributed by atoms with Crippen molar-refractivity contribution < 1.29 is 44.5 Å². The molecule has 2 aliphatic rings. The Balaban J connectivity index is 1.74. The Kier molecular flexibility index (Phi) is 27.0. The van der Waals surface area contributed by atoms with Gasteiger partial charge in [0.05, 0.1) is 31.2 Å². The van der Waals surface area contributed by atoms with Gasteiger partial charge >= 0.3 is 0 Å². The second-order valence-corrected chi connectivity index (χ2v) is 15.5. The van der Waals surface area contributed by atoms with Gasteiger partial charge in [-0.1, -0.05) is 129 Å². The lowest BCUT2D eigenvalue weighted by molar-refractivity contribution is -0.303. The smallest absolute Gasteiger partial charge is 0.186 e. The molecule has 8 atom stereocenters. The number of nitrogens with zero attached hydrogens (tertiary/aromatic N) is 1. The first-order valence-corrected chi connectivity index (χ1v) is 21.1. The second-order valence-electron chi connectivity index (χ2n) is 15.5. The van der Waals surface area contributed by atoms with Gasteiger partial charge in [-0.3, -0.25) is 0 Å². The zero-order valence-corrected chi connectivity index (χ0v) is 32.2. The number of aliphatic hydroxyl groups is 6. The summed E-state index contributed by atoms with van der Waals surface area (Å²) < 4.78 is 26.3. The average Bonchev–Trinajstić information content (AvgIpc) is 3.14. The zero-order valence-electron chi connectivity index (χ0n) is 32.2. The van der Waals surface area contributed by atoms with Gasteiger partial charge in [0.15, 0.2) is 6.29 Å². The molecule has 10 heteroatoms. The number of hydrogen-bond donors (Lipinski definition) is 6. The molecule has 5 unspecified atom stereocenters. The Morgan fingerprint density at radius 2 is 1.25 bits per heavy atom. The highest BCUT2D eigenvalue weighted by Gasteiger charge is 2.44. The first-order chi connectivity index (χ1) is 24.8. The van der Waals surface area contributed by atoms with Gasteiger partial charge in [-0.25, -0.2) is 4.39 Å². The summed E-state index contributed by atoms with van der Waals surface area (Å²) in [6.07, 6.45) is 19.5. The Labute approximate surface area is 310 Å². The number of ether oxygens (including phenoxy) is 2. The fourth-order valence-electron chi connectivity index (χ4n) is 7.50. The number of likely N-dealkylation sites (tertiary alicyclic amines) is 1. The van der Waals surface area contributed by atoms with Crippen LogP contribution in [0.2, 0.25) is 0 Å². The van der Waals surface area contributed by atoms with Crippen molar-refractivity contribution >= 4 is 0 Å². The molecule has 0 saturated carbocycles. The Bertz CT molecular complexity index is 844. The largest absolute Gasteiger partial charge is 0.394 e. The molecule has 2 fully saturated rings. The molecule has 2 heterocycles. The molecule has 0 aliphatic carbocycles. The summed E-state index contributed by atoms with van der Waals surface area (Å²) in [7, 11) is 0. The summed E-state index contributed by atoms with van der Waals surface area (Å²) in [6, 6.07) is 0. The van der Waals surface area contributed by atoms with Crippen LogP contribution in [0.5, 0.6) is 0 Å². The molecule has 0 radical (unpaired) electrons. The molecular formula is C41H78FNO8. The van der Waals surface area contributed by atoms with Crippen molar-refractivity contribution in [2.24, 2.45) is 5.92 Å². The molecule has 0 bridgehead atoms. The lowest BCUT2D eigenvalue weighted by atomic mass is 9.93. The number of rotatable bonds is 31. The van der Waals surface area contributed by atoms with E-state index in [0.717, 1.165) is 44.9 Å². The summed E-state index contributed by atoms with van der Waals surface area (Å²) in [5.41, 5.74) is 0. The third-order valence-corrected chi connectivity index (χ3v) is 11.0. The highest BCUT2D eigenvalue weighted by atomic mass is 19.1. The third-order valence-electron chi connectivity index (χ3n) is 11.0. The lowest BCUT2D eigenvalue weighted by Crippen LogP contribution is -2.59. The van der Waals surface area contributed by atoms with E-state index in [1.54, 1.807) is 0 Å². The molecule has 51 heavy (non-hydrogen) atoms. The molecule has 302 valence electrons. The average molecular weight is 732 g/mol. The molecule has 0 amide bonds. The molecular weight excluding hydrogens is 653 g/mol. The number of hydrogen-bond acceptors (Lipinski definition) is 9. The monoisotopic (exact) mass is 732 g/mol. The van der Waals surface area contributed by atoms with E-state index in [1.165, 1.54) is 122 Å². The number of unbranched alkanes of at least 4 members (excludes halogenated alkanes) is 18. The quantitative estimate of drug-likeness (QED) is 0.0413. The number of piperidine rings is 1. The minimum Gasteiger partial charge on any atom is -0.394 e. The predicted molar refractivity (Wildman–Crippen MR) is 202 cm³/mol. The minimum atomic E-state index is -1.60. The molecule has 0 aromatic carbocycles. The summed E-state index contributed by atoms with van der Waals surface area (Å²) in [6.45, 7) is 5.10. The Morgan fingerprint density at radius 3 is 1.82 bits per heavy atom.